The molecular weight excluding hydrogens is 424 g/mol. The summed E-state index contributed by atoms with van der Waals surface area (Å²) in [6, 6.07) is 11.8. The average Bonchev–Trinajstić information content (AvgIpc) is 3.16. The Bertz CT molecular complexity index is 883. The topological polar surface area (TPSA) is 35.5 Å². The molecule has 3 rings (SSSR count). The minimum Gasteiger partial charge on any atom is -0.488 e. The van der Waals surface area contributed by atoms with E-state index in [1.807, 2.05) is 36.4 Å². The summed E-state index contributed by atoms with van der Waals surface area (Å²) in [6.07, 6.45) is 0. The van der Waals surface area contributed by atoms with Gasteiger partial charge in [-0.2, -0.15) is 0 Å². The number of ether oxygens (including phenoxy) is 2. The van der Waals surface area contributed by atoms with Crippen molar-refractivity contribution in [3.8, 4) is 22.6 Å². The SMILES string of the molecule is CC[N+](CC)(CC)CCOc1ccc2c(c1)C(=O)c1cc(OCC[N+](CC)(CC)CC)ccc1-2. The Balaban J connectivity index is 1.67. The molecule has 2 aromatic carbocycles. The molecule has 0 aliphatic heterocycles. The highest BCUT2D eigenvalue weighted by atomic mass is 16.5. The Morgan fingerprint density at radius 1 is 0.559 bits per heavy atom. The molecule has 0 unspecified atom stereocenters. The molecule has 1 aliphatic carbocycles. The molecule has 0 spiro atoms. The van der Waals surface area contributed by atoms with Crippen molar-refractivity contribution in [1.82, 2.24) is 0 Å². The second-order valence-corrected chi connectivity index (χ2v) is 9.47. The Hall–Kier alpha value is -2.37. The number of carbonyl (C=O) groups excluding carboxylic acids is 1. The van der Waals surface area contributed by atoms with Crippen molar-refractivity contribution in [2.75, 3.05) is 65.6 Å². The summed E-state index contributed by atoms with van der Waals surface area (Å²) in [4.78, 5) is 13.2. The van der Waals surface area contributed by atoms with Gasteiger partial charge in [0, 0.05) is 11.1 Å². The molecule has 0 atom stereocenters. The first kappa shape index (κ1) is 26.2. The summed E-state index contributed by atoms with van der Waals surface area (Å²) in [5, 5.41) is 0. The smallest absolute Gasteiger partial charge is 0.194 e. The van der Waals surface area contributed by atoms with Gasteiger partial charge in [0.15, 0.2) is 5.78 Å². The number of nitrogens with zero attached hydrogens (tertiary/aromatic N) is 2. The third-order valence-corrected chi connectivity index (χ3v) is 8.46. The third-order valence-electron chi connectivity index (χ3n) is 8.46. The first-order chi connectivity index (χ1) is 16.4. The lowest BCUT2D eigenvalue weighted by Crippen LogP contribution is -2.49. The molecule has 1 aliphatic rings. The highest BCUT2D eigenvalue weighted by Gasteiger charge is 2.28. The number of quaternary nitrogens is 2. The zero-order valence-electron chi connectivity index (χ0n) is 22.2. The molecule has 0 radical (unpaired) electrons. The van der Waals surface area contributed by atoms with Gasteiger partial charge in [0.05, 0.1) is 39.3 Å². The van der Waals surface area contributed by atoms with Gasteiger partial charge in [-0.15, -0.1) is 0 Å². The summed E-state index contributed by atoms with van der Waals surface area (Å²) >= 11 is 0. The van der Waals surface area contributed by atoms with Gasteiger partial charge in [-0.25, -0.2) is 0 Å². The number of carbonyl (C=O) groups is 1. The van der Waals surface area contributed by atoms with Gasteiger partial charge >= 0.3 is 0 Å². The van der Waals surface area contributed by atoms with Crippen LogP contribution in [0.5, 0.6) is 11.5 Å². The van der Waals surface area contributed by atoms with Crippen molar-refractivity contribution in [3.63, 3.8) is 0 Å². The van der Waals surface area contributed by atoms with E-state index in [4.69, 9.17) is 9.47 Å². The first-order valence-electron chi connectivity index (χ1n) is 13.2. The number of ketones is 1. The third kappa shape index (κ3) is 5.31. The van der Waals surface area contributed by atoms with Gasteiger partial charge in [0.1, 0.15) is 37.8 Å². The molecular formula is C29H44N2O3+2. The number of rotatable bonds is 14. The molecule has 0 N–H and O–H groups in total. The average molecular weight is 469 g/mol. The second kappa shape index (κ2) is 11.4. The molecule has 0 fully saturated rings. The highest BCUT2D eigenvalue weighted by Crippen LogP contribution is 2.39. The van der Waals surface area contributed by atoms with E-state index in [0.717, 1.165) is 95.1 Å². The molecule has 0 amide bonds. The predicted molar refractivity (Wildman–Crippen MR) is 140 cm³/mol. The minimum atomic E-state index is 0.0579. The summed E-state index contributed by atoms with van der Waals surface area (Å²) in [5.74, 6) is 1.60. The van der Waals surface area contributed by atoms with Gasteiger partial charge in [-0.05, 0) is 89.1 Å². The van der Waals surface area contributed by atoms with Crippen LogP contribution in [-0.4, -0.2) is 80.3 Å². The maximum atomic E-state index is 13.2. The van der Waals surface area contributed by atoms with E-state index in [9.17, 15) is 4.79 Å². The van der Waals surface area contributed by atoms with Crippen LogP contribution in [0.4, 0.5) is 0 Å². The molecule has 0 bridgehead atoms. The summed E-state index contributed by atoms with van der Waals surface area (Å²) in [5.41, 5.74) is 3.42. The van der Waals surface area contributed by atoms with Crippen LogP contribution in [0.3, 0.4) is 0 Å². The van der Waals surface area contributed by atoms with E-state index in [0.29, 0.717) is 13.2 Å². The second-order valence-electron chi connectivity index (χ2n) is 9.47. The van der Waals surface area contributed by atoms with Crippen LogP contribution in [0.2, 0.25) is 0 Å². The van der Waals surface area contributed by atoms with Gasteiger partial charge in [0.2, 0.25) is 0 Å². The lowest BCUT2D eigenvalue weighted by Gasteiger charge is -2.35. The van der Waals surface area contributed by atoms with E-state index in [-0.39, 0.29) is 5.78 Å². The summed E-state index contributed by atoms with van der Waals surface area (Å²) < 4.78 is 14.3. The number of hydrogen-bond acceptors (Lipinski definition) is 3. The van der Waals surface area contributed by atoms with E-state index >= 15 is 0 Å². The number of fused-ring (bicyclic) bond motifs is 3. The number of likely N-dealkylation sites (N-methyl/N-ethyl adjacent to an activating group) is 2. The Labute approximate surface area is 206 Å². The van der Waals surface area contributed by atoms with Crippen molar-refractivity contribution in [2.45, 2.75) is 41.5 Å². The molecule has 34 heavy (non-hydrogen) atoms. The summed E-state index contributed by atoms with van der Waals surface area (Å²) in [7, 11) is 0. The van der Waals surface area contributed by atoms with Gasteiger partial charge in [-0.3, -0.25) is 4.79 Å². The summed E-state index contributed by atoms with van der Waals surface area (Å²) in [6.45, 7) is 23.3. The van der Waals surface area contributed by atoms with Crippen LogP contribution < -0.4 is 9.47 Å². The monoisotopic (exact) mass is 468 g/mol. The molecule has 0 saturated carbocycles. The van der Waals surface area contributed by atoms with Crippen molar-refractivity contribution in [3.05, 3.63) is 47.5 Å². The fourth-order valence-corrected chi connectivity index (χ4v) is 5.22. The lowest BCUT2D eigenvalue weighted by molar-refractivity contribution is -0.923. The quantitative estimate of drug-likeness (QED) is 0.297. The van der Waals surface area contributed by atoms with Crippen LogP contribution in [0.25, 0.3) is 11.1 Å². The lowest BCUT2D eigenvalue weighted by atomic mass is 10.1. The number of hydrogen-bond donors (Lipinski definition) is 0. The molecule has 0 aromatic heterocycles. The van der Waals surface area contributed by atoms with Crippen molar-refractivity contribution >= 4 is 5.78 Å². The molecule has 186 valence electrons. The van der Waals surface area contributed by atoms with E-state index in [2.05, 4.69) is 41.5 Å². The zero-order chi connectivity index (χ0) is 24.8. The van der Waals surface area contributed by atoms with E-state index < -0.39 is 0 Å². The van der Waals surface area contributed by atoms with Crippen LogP contribution in [0.15, 0.2) is 36.4 Å². The maximum Gasteiger partial charge on any atom is 0.194 e. The van der Waals surface area contributed by atoms with Crippen LogP contribution >= 0.6 is 0 Å². The predicted octanol–water partition coefficient (Wildman–Crippen LogP) is 5.41. The Morgan fingerprint density at radius 2 is 0.912 bits per heavy atom. The van der Waals surface area contributed by atoms with Crippen molar-refractivity contribution in [2.24, 2.45) is 0 Å². The largest absolute Gasteiger partial charge is 0.488 e. The Morgan fingerprint density at radius 3 is 1.24 bits per heavy atom. The van der Waals surface area contributed by atoms with Crippen molar-refractivity contribution in [1.29, 1.82) is 0 Å². The normalized spacial score (nSPS) is 13.1. The molecule has 2 aromatic rings. The van der Waals surface area contributed by atoms with Gasteiger partial charge < -0.3 is 18.4 Å². The molecule has 5 heteroatoms. The highest BCUT2D eigenvalue weighted by molar-refractivity contribution is 6.22. The standard InChI is InChI=1S/C29H44N2O3/c1-7-30(8-2,9-3)17-19-33-23-13-15-25-26-16-14-24(22-28(26)29(32)27(25)21-23)34-20-18-31(10-4,11-5)12-6/h13-16,21-22H,7-12,17-20H2,1-6H3/q+2. The van der Waals surface area contributed by atoms with E-state index in [1.165, 1.54) is 0 Å². The van der Waals surface area contributed by atoms with Crippen LogP contribution in [0.1, 0.15) is 57.5 Å². The fourth-order valence-electron chi connectivity index (χ4n) is 5.22. The Kier molecular flexibility index (Phi) is 8.78. The van der Waals surface area contributed by atoms with Crippen LogP contribution in [0, 0.1) is 0 Å². The molecule has 0 saturated heterocycles. The fraction of sp³-hybridized carbons (Fsp3) is 0.552. The maximum absolute atomic E-state index is 13.2. The van der Waals surface area contributed by atoms with Gasteiger partial charge in [0.25, 0.3) is 0 Å². The zero-order valence-corrected chi connectivity index (χ0v) is 22.2. The molecule has 5 nitrogen and oxygen atoms in total. The van der Waals surface area contributed by atoms with Gasteiger partial charge in [-0.1, -0.05) is 0 Å². The minimum absolute atomic E-state index is 0.0579. The van der Waals surface area contributed by atoms with E-state index in [1.54, 1.807) is 0 Å². The molecule has 0 heterocycles. The van der Waals surface area contributed by atoms with Crippen LogP contribution in [-0.2, 0) is 0 Å². The first-order valence-corrected chi connectivity index (χ1v) is 13.2. The number of benzene rings is 2. The van der Waals surface area contributed by atoms with Crippen molar-refractivity contribution < 1.29 is 23.2 Å².